The summed E-state index contributed by atoms with van der Waals surface area (Å²) in [4.78, 5) is 11.9. The summed E-state index contributed by atoms with van der Waals surface area (Å²) < 4.78 is 28.5. The van der Waals surface area contributed by atoms with E-state index >= 15 is 0 Å². The molecule has 0 saturated carbocycles. The zero-order valence-electron chi connectivity index (χ0n) is 13.5. The van der Waals surface area contributed by atoms with Crippen LogP contribution in [0.2, 0.25) is 0 Å². The zero-order valence-corrected chi connectivity index (χ0v) is 13.5. The minimum Gasteiger partial charge on any atom is -0.493 e. The van der Waals surface area contributed by atoms with E-state index in [2.05, 4.69) is 10.5 Å². The van der Waals surface area contributed by atoms with Gasteiger partial charge in [-0.25, -0.2) is 9.82 Å². The predicted molar refractivity (Wildman–Crippen MR) is 87.6 cm³/mol. The normalized spacial score (nSPS) is 10.5. The van der Waals surface area contributed by atoms with E-state index in [9.17, 15) is 9.18 Å². The van der Waals surface area contributed by atoms with Crippen molar-refractivity contribution in [2.24, 2.45) is 5.10 Å². The number of hydrogen-bond acceptors (Lipinski definition) is 5. The first-order valence-electron chi connectivity index (χ1n) is 6.98. The van der Waals surface area contributed by atoms with E-state index in [-0.39, 0.29) is 0 Å². The third-order valence-electron chi connectivity index (χ3n) is 3.17. The maximum Gasteiger partial charge on any atom is 0.271 e. The highest BCUT2D eigenvalue weighted by Gasteiger charge is 2.12. The molecule has 0 aromatic heterocycles. The fourth-order valence-electron chi connectivity index (χ4n) is 2.01. The molecule has 0 saturated heterocycles. The van der Waals surface area contributed by atoms with E-state index in [1.165, 1.54) is 51.8 Å². The molecule has 0 spiro atoms. The molecule has 6 nitrogen and oxygen atoms in total. The summed E-state index contributed by atoms with van der Waals surface area (Å²) in [6.45, 7) is 0. The number of carbonyl (C=O) groups is 1. The van der Waals surface area contributed by atoms with Gasteiger partial charge in [0.2, 0.25) is 5.75 Å². The number of ether oxygens (including phenoxy) is 3. The predicted octanol–water partition coefficient (Wildman–Crippen LogP) is 2.62. The van der Waals surface area contributed by atoms with Crippen molar-refractivity contribution in [3.05, 3.63) is 53.3 Å². The van der Waals surface area contributed by atoms with Crippen LogP contribution in [0.3, 0.4) is 0 Å². The van der Waals surface area contributed by atoms with Gasteiger partial charge in [0.1, 0.15) is 5.82 Å². The summed E-state index contributed by atoms with van der Waals surface area (Å²) in [5.74, 6) is 0.560. The second-order valence-corrected chi connectivity index (χ2v) is 4.66. The first-order valence-corrected chi connectivity index (χ1v) is 6.98. The Balaban J connectivity index is 2.14. The Kier molecular flexibility index (Phi) is 5.73. The van der Waals surface area contributed by atoms with Gasteiger partial charge < -0.3 is 14.2 Å². The van der Waals surface area contributed by atoms with Crippen molar-refractivity contribution in [2.45, 2.75) is 0 Å². The van der Waals surface area contributed by atoms with Crippen LogP contribution in [0.25, 0.3) is 0 Å². The number of hydrogen-bond donors (Lipinski definition) is 1. The summed E-state index contributed by atoms with van der Waals surface area (Å²) in [5.41, 5.74) is 3.31. The summed E-state index contributed by atoms with van der Waals surface area (Å²) in [5, 5.41) is 3.88. The molecule has 24 heavy (non-hydrogen) atoms. The van der Waals surface area contributed by atoms with Crippen LogP contribution in [0.15, 0.2) is 41.5 Å². The Bertz CT molecular complexity index is 720. The van der Waals surface area contributed by atoms with Crippen LogP contribution in [0, 0.1) is 5.82 Å². The average molecular weight is 332 g/mol. The smallest absolute Gasteiger partial charge is 0.271 e. The van der Waals surface area contributed by atoms with Crippen molar-refractivity contribution < 1.29 is 23.4 Å². The molecule has 0 fully saturated rings. The van der Waals surface area contributed by atoms with Gasteiger partial charge in [0.25, 0.3) is 5.91 Å². The number of hydrazone groups is 1. The van der Waals surface area contributed by atoms with Gasteiger partial charge in [-0.1, -0.05) is 0 Å². The molecule has 2 rings (SSSR count). The summed E-state index contributed by atoms with van der Waals surface area (Å²) >= 11 is 0. The van der Waals surface area contributed by atoms with Crippen LogP contribution in [-0.4, -0.2) is 33.5 Å². The monoisotopic (exact) mass is 332 g/mol. The van der Waals surface area contributed by atoms with Gasteiger partial charge in [-0.2, -0.15) is 5.10 Å². The first kappa shape index (κ1) is 17.3. The zero-order chi connectivity index (χ0) is 17.5. The fraction of sp³-hybridized carbons (Fsp3) is 0.176. The number of benzene rings is 2. The van der Waals surface area contributed by atoms with E-state index in [4.69, 9.17) is 14.2 Å². The summed E-state index contributed by atoms with van der Waals surface area (Å²) in [6, 6.07) is 8.54. The Morgan fingerprint density at radius 1 is 1.04 bits per heavy atom. The minimum atomic E-state index is -0.446. The largest absolute Gasteiger partial charge is 0.493 e. The Hall–Kier alpha value is -3.09. The van der Waals surface area contributed by atoms with Gasteiger partial charge in [0.05, 0.1) is 27.5 Å². The molecule has 0 aliphatic heterocycles. The second-order valence-electron chi connectivity index (χ2n) is 4.66. The molecule has 0 atom stereocenters. The molecular formula is C17H17FN2O4. The number of halogens is 1. The van der Waals surface area contributed by atoms with Crippen LogP contribution in [0.4, 0.5) is 4.39 Å². The molecule has 0 aliphatic rings. The number of methoxy groups -OCH3 is 3. The van der Waals surface area contributed by atoms with Gasteiger partial charge in [0, 0.05) is 11.1 Å². The highest BCUT2D eigenvalue weighted by atomic mass is 19.1. The SMILES string of the molecule is COc1cc(C=NNC(=O)c2ccc(F)cc2)cc(OC)c1OC. The molecule has 0 heterocycles. The Morgan fingerprint density at radius 3 is 2.12 bits per heavy atom. The first-order chi connectivity index (χ1) is 11.6. The van der Waals surface area contributed by atoms with E-state index in [1.54, 1.807) is 12.1 Å². The molecule has 1 N–H and O–H groups in total. The molecular weight excluding hydrogens is 315 g/mol. The molecule has 7 heteroatoms. The maximum absolute atomic E-state index is 12.8. The molecule has 2 aromatic rings. The Labute approximate surface area is 138 Å². The molecule has 0 bridgehead atoms. The molecule has 0 aliphatic carbocycles. The number of rotatable bonds is 6. The third kappa shape index (κ3) is 4.01. The van der Waals surface area contributed by atoms with E-state index in [1.807, 2.05) is 0 Å². The Morgan fingerprint density at radius 2 is 1.62 bits per heavy atom. The number of nitrogens with zero attached hydrogens (tertiary/aromatic N) is 1. The van der Waals surface area contributed by atoms with E-state index in [0.717, 1.165) is 0 Å². The average Bonchev–Trinajstić information content (AvgIpc) is 2.61. The third-order valence-corrected chi connectivity index (χ3v) is 3.17. The molecule has 0 unspecified atom stereocenters. The molecule has 126 valence electrons. The lowest BCUT2D eigenvalue weighted by molar-refractivity contribution is 0.0955. The quantitative estimate of drug-likeness (QED) is 0.652. The molecule has 0 radical (unpaired) electrons. The van der Waals surface area contributed by atoms with Crippen LogP contribution in [0.1, 0.15) is 15.9 Å². The van der Waals surface area contributed by atoms with Crippen LogP contribution in [-0.2, 0) is 0 Å². The lowest BCUT2D eigenvalue weighted by atomic mass is 10.2. The van der Waals surface area contributed by atoms with E-state index < -0.39 is 11.7 Å². The van der Waals surface area contributed by atoms with Crippen molar-refractivity contribution in [3.8, 4) is 17.2 Å². The van der Waals surface area contributed by atoms with Gasteiger partial charge in [-0.05, 0) is 36.4 Å². The van der Waals surface area contributed by atoms with Crippen LogP contribution >= 0.6 is 0 Å². The van der Waals surface area contributed by atoms with Crippen molar-refractivity contribution in [3.63, 3.8) is 0 Å². The van der Waals surface area contributed by atoms with Gasteiger partial charge >= 0.3 is 0 Å². The lowest BCUT2D eigenvalue weighted by Crippen LogP contribution is -2.17. The van der Waals surface area contributed by atoms with Crippen molar-refractivity contribution in [1.29, 1.82) is 0 Å². The standard InChI is InChI=1S/C17H17FN2O4/c1-22-14-8-11(9-15(23-2)16(14)24-3)10-19-20-17(21)12-4-6-13(18)7-5-12/h4-10H,1-3H3,(H,20,21). The van der Waals surface area contributed by atoms with Crippen LogP contribution in [0.5, 0.6) is 17.2 Å². The highest BCUT2D eigenvalue weighted by molar-refractivity contribution is 5.94. The number of carbonyl (C=O) groups excluding carboxylic acids is 1. The van der Waals surface area contributed by atoms with Gasteiger partial charge in [-0.15, -0.1) is 0 Å². The number of nitrogens with one attached hydrogen (secondary N) is 1. The summed E-state index contributed by atoms with van der Waals surface area (Å²) in [7, 11) is 4.53. The lowest BCUT2D eigenvalue weighted by Gasteiger charge is -2.12. The van der Waals surface area contributed by atoms with Crippen molar-refractivity contribution in [2.75, 3.05) is 21.3 Å². The van der Waals surface area contributed by atoms with Gasteiger partial charge in [-0.3, -0.25) is 4.79 Å². The molecule has 1 amide bonds. The van der Waals surface area contributed by atoms with Gasteiger partial charge in [0.15, 0.2) is 11.5 Å². The number of amides is 1. The molecule has 2 aromatic carbocycles. The van der Waals surface area contributed by atoms with Crippen molar-refractivity contribution in [1.82, 2.24) is 5.43 Å². The van der Waals surface area contributed by atoms with Crippen molar-refractivity contribution >= 4 is 12.1 Å². The van der Waals surface area contributed by atoms with Crippen LogP contribution < -0.4 is 19.6 Å². The van der Waals surface area contributed by atoms with E-state index in [0.29, 0.717) is 28.4 Å². The maximum atomic E-state index is 12.8. The second kappa shape index (κ2) is 7.96. The summed E-state index contributed by atoms with van der Waals surface area (Å²) in [6.07, 6.45) is 1.44. The fourth-order valence-corrected chi connectivity index (χ4v) is 2.01. The minimum absolute atomic E-state index is 0.304. The highest BCUT2D eigenvalue weighted by Crippen LogP contribution is 2.37. The topological polar surface area (TPSA) is 69.2 Å².